The Bertz CT molecular complexity index is 304. The Hall–Kier alpha value is -1.32. The average molecular weight is 165 g/mol. The Morgan fingerprint density at radius 1 is 1.75 bits per heavy atom. The standard InChI is InChI=1S/C6H8BN3O2/c1-5(2-8)10-4-6(3-9-10)7(11)12/h3-5,11-12H,1H3. The summed E-state index contributed by atoms with van der Waals surface area (Å²) in [6.45, 7) is 1.67. The van der Waals surface area contributed by atoms with Crippen molar-refractivity contribution >= 4 is 12.6 Å². The molecule has 1 aromatic rings. The fourth-order valence-electron chi connectivity index (χ4n) is 0.757. The van der Waals surface area contributed by atoms with Gasteiger partial charge in [-0.05, 0) is 6.92 Å². The molecule has 0 aliphatic carbocycles. The van der Waals surface area contributed by atoms with Gasteiger partial charge in [0.15, 0.2) is 0 Å². The molecule has 1 atom stereocenters. The summed E-state index contributed by atoms with van der Waals surface area (Å²) in [6, 6.07) is 1.58. The van der Waals surface area contributed by atoms with Crippen LogP contribution in [0.4, 0.5) is 0 Å². The van der Waals surface area contributed by atoms with E-state index in [0.717, 1.165) is 0 Å². The smallest absolute Gasteiger partial charge is 0.423 e. The summed E-state index contributed by atoms with van der Waals surface area (Å²) in [4.78, 5) is 0. The lowest BCUT2D eigenvalue weighted by molar-refractivity contribution is 0.425. The number of hydrogen-bond acceptors (Lipinski definition) is 4. The van der Waals surface area contributed by atoms with Crippen molar-refractivity contribution in [1.82, 2.24) is 9.78 Å². The Balaban J connectivity index is 2.86. The molecule has 0 radical (unpaired) electrons. The fraction of sp³-hybridized carbons (Fsp3) is 0.333. The van der Waals surface area contributed by atoms with E-state index in [1.165, 1.54) is 17.1 Å². The van der Waals surface area contributed by atoms with E-state index in [0.29, 0.717) is 0 Å². The molecule has 5 nitrogen and oxygen atoms in total. The highest BCUT2D eigenvalue weighted by Crippen LogP contribution is 1.98. The molecule has 0 aromatic carbocycles. The topological polar surface area (TPSA) is 82.1 Å². The summed E-state index contributed by atoms with van der Waals surface area (Å²) in [5.41, 5.74) is 0.289. The molecule has 0 spiro atoms. The molecular formula is C6H8BN3O2. The van der Waals surface area contributed by atoms with Gasteiger partial charge >= 0.3 is 7.12 Å². The molecule has 0 aliphatic heterocycles. The van der Waals surface area contributed by atoms with Crippen molar-refractivity contribution in [2.75, 3.05) is 0 Å². The minimum absolute atomic E-state index is 0.289. The number of rotatable bonds is 2. The van der Waals surface area contributed by atoms with Gasteiger partial charge in [0, 0.05) is 17.9 Å². The van der Waals surface area contributed by atoms with Gasteiger partial charge in [-0.3, -0.25) is 4.68 Å². The van der Waals surface area contributed by atoms with Gasteiger partial charge in [-0.15, -0.1) is 0 Å². The molecule has 0 bridgehead atoms. The third-order valence-corrected chi connectivity index (χ3v) is 1.50. The maximum Gasteiger partial charge on any atom is 0.491 e. The Kier molecular flexibility index (Phi) is 2.48. The molecule has 1 unspecified atom stereocenters. The molecule has 62 valence electrons. The van der Waals surface area contributed by atoms with Crippen LogP contribution in [0.25, 0.3) is 0 Å². The summed E-state index contributed by atoms with van der Waals surface area (Å²) in [5.74, 6) is 0. The van der Waals surface area contributed by atoms with Crippen molar-refractivity contribution in [2.24, 2.45) is 0 Å². The molecule has 1 rings (SSSR count). The largest absolute Gasteiger partial charge is 0.491 e. The van der Waals surface area contributed by atoms with Crippen LogP contribution >= 0.6 is 0 Å². The van der Waals surface area contributed by atoms with E-state index >= 15 is 0 Å². The summed E-state index contributed by atoms with van der Waals surface area (Å²) in [6.07, 6.45) is 2.75. The van der Waals surface area contributed by atoms with Crippen LogP contribution in [0.1, 0.15) is 13.0 Å². The molecule has 1 aromatic heterocycles. The number of nitriles is 1. The zero-order valence-electron chi connectivity index (χ0n) is 6.55. The molecule has 0 fully saturated rings. The molecule has 2 N–H and O–H groups in total. The fourth-order valence-corrected chi connectivity index (χ4v) is 0.757. The van der Waals surface area contributed by atoms with Crippen molar-refractivity contribution in [3.63, 3.8) is 0 Å². The second-order valence-electron chi connectivity index (χ2n) is 2.43. The minimum Gasteiger partial charge on any atom is -0.423 e. The zero-order valence-corrected chi connectivity index (χ0v) is 6.55. The lowest BCUT2D eigenvalue weighted by Crippen LogP contribution is -2.28. The third-order valence-electron chi connectivity index (χ3n) is 1.50. The van der Waals surface area contributed by atoms with Gasteiger partial charge in [0.2, 0.25) is 0 Å². The quantitative estimate of drug-likeness (QED) is 0.530. The number of nitrogens with zero attached hydrogens (tertiary/aromatic N) is 3. The normalized spacial score (nSPS) is 12.2. The Morgan fingerprint density at radius 2 is 2.42 bits per heavy atom. The second-order valence-corrected chi connectivity index (χ2v) is 2.43. The predicted molar refractivity (Wildman–Crippen MR) is 42.4 cm³/mol. The second kappa shape index (κ2) is 3.39. The van der Waals surface area contributed by atoms with E-state index in [-0.39, 0.29) is 5.46 Å². The molecule has 0 saturated carbocycles. The first-order chi connectivity index (χ1) is 5.65. The molecular weight excluding hydrogens is 157 g/mol. The number of aromatic nitrogens is 2. The van der Waals surface area contributed by atoms with E-state index in [4.69, 9.17) is 15.3 Å². The average Bonchev–Trinajstić information content (AvgIpc) is 2.51. The maximum atomic E-state index is 8.71. The lowest BCUT2D eigenvalue weighted by atomic mass is 9.83. The van der Waals surface area contributed by atoms with Gasteiger partial charge in [0.05, 0.1) is 6.07 Å². The first-order valence-electron chi connectivity index (χ1n) is 3.45. The van der Waals surface area contributed by atoms with Crippen molar-refractivity contribution in [3.05, 3.63) is 12.4 Å². The van der Waals surface area contributed by atoms with Gasteiger partial charge in [-0.2, -0.15) is 10.4 Å². The van der Waals surface area contributed by atoms with Crippen LogP contribution in [0, 0.1) is 11.3 Å². The lowest BCUT2D eigenvalue weighted by Gasteiger charge is -1.99. The van der Waals surface area contributed by atoms with Gasteiger partial charge in [-0.1, -0.05) is 0 Å². The SMILES string of the molecule is CC(C#N)n1cc(B(O)O)cn1. The molecule has 0 saturated heterocycles. The summed E-state index contributed by atoms with van der Waals surface area (Å²) < 4.78 is 1.37. The van der Waals surface area contributed by atoms with Gasteiger partial charge in [0.25, 0.3) is 0 Å². The Morgan fingerprint density at radius 3 is 2.83 bits per heavy atom. The molecule has 6 heteroatoms. The van der Waals surface area contributed by atoms with Crippen molar-refractivity contribution < 1.29 is 10.0 Å². The van der Waals surface area contributed by atoms with E-state index in [2.05, 4.69) is 5.10 Å². The van der Waals surface area contributed by atoms with Crippen LogP contribution in [0.2, 0.25) is 0 Å². The highest BCUT2D eigenvalue weighted by molar-refractivity contribution is 6.58. The molecule has 0 amide bonds. The van der Waals surface area contributed by atoms with Gasteiger partial charge in [0.1, 0.15) is 6.04 Å². The summed E-state index contributed by atoms with van der Waals surface area (Å²) in [5, 5.41) is 29.7. The summed E-state index contributed by atoms with van der Waals surface area (Å²) >= 11 is 0. The number of hydrogen-bond donors (Lipinski definition) is 2. The zero-order chi connectivity index (χ0) is 9.14. The van der Waals surface area contributed by atoms with E-state index < -0.39 is 13.2 Å². The first kappa shape index (κ1) is 8.78. The molecule has 1 heterocycles. The van der Waals surface area contributed by atoms with Gasteiger partial charge in [-0.25, -0.2) is 0 Å². The molecule has 12 heavy (non-hydrogen) atoms. The predicted octanol–water partition coefficient (Wildman–Crippen LogP) is -1.35. The van der Waals surface area contributed by atoms with E-state index in [1.54, 1.807) is 6.92 Å². The van der Waals surface area contributed by atoms with Crippen LogP contribution in [0.5, 0.6) is 0 Å². The van der Waals surface area contributed by atoms with E-state index in [1.807, 2.05) is 6.07 Å². The van der Waals surface area contributed by atoms with Gasteiger partial charge < -0.3 is 10.0 Å². The monoisotopic (exact) mass is 165 g/mol. The van der Waals surface area contributed by atoms with Crippen molar-refractivity contribution in [3.8, 4) is 6.07 Å². The summed E-state index contributed by atoms with van der Waals surface area (Å²) in [7, 11) is -1.52. The highest BCUT2D eigenvalue weighted by atomic mass is 16.4. The molecule has 0 aliphatic rings. The van der Waals surface area contributed by atoms with Crippen LogP contribution in [-0.4, -0.2) is 26.9 Å². The maximum absolute atomic E-state index is 8.71. The van der Waals surface area contributed by atoms with Crippen molar-refractivity contribution in [2.45, 2.75) is 13.0 Å². The van der Waals surface area contributed by atoms with Crippen molar-refractivity contribution in [1.29, 1.82) is 5.26 Å². The van der Waals surface area contributed by atoms with Crippen LogP contribution in [0.15, 0.2) is 12.4 Å². The highest BCUT2D eigenvalue weighted by Gasteiger charge is 2.14. The van der Waals surface area contributed by atoms with E-state index in [9.17, 15) is 0 Å². The van der Waals surface area contributed by atoms with Crippen LogP contribution in [0.3, 0.4) is 0 Å². The minimum atomic E-state index is -1.52. The van der Waals surface area contributed by atoms with Crippen LogP contribution in [-0.2, 0) is 0 Å². The third kappa shape index (κ3) is 1.64. The van der Waals surface area contributed by atoms with Crippen LogP contribution < -0.4 is 5.46 Å². The first-order valence-corrected chi connectivity index (χ1v) is 3.45. The Labute approximate surface area is 70.0 Å².